The summed E-state index contributed by atoms with van der Waals surface area (Å²) in [5.74, 6) is 0. The van der Waals surface area contributed by atoms with Crippen molar-refractivity contribution >= 4 is 33.0 Å². The summed E-state index contributed by atoms with van der Waals surface area (Å²) >= 11 is 8.30. The Morgan fingerprint density at radius 3 is 2.63 bits per heavy atom. The van der Waals surface area contributed by atoms with Crippen molar-refractivity contribution in [3.8, 4) is 0 Å². The summed E-state index contributed by atoms with van der Waals surface area (Å²) in [7, 11) is 0. The second-order valence-electron chi connectivity index (χ2n) is 4.67. The van der Waals surface area contributed by atoms with E-state index < -0.39 is 0 Å². The summed E-state index contributed by atoms with van der Waals surface area (Å²) < 4.78 is 1.40. The zero-order valence-electron chi connectivity index (χ0n) is 10.6. The van der Waals surface area contributed by atoms with E-state index in [0.29, 0.717) is 0 Å². The normalized spacial score (nSPS) is 12.7. The minimum Gasteiger partial charge on any atom is -0.144 e. The molecule has 96 valence electrons. The molecule has 3 aromatic rings. The molecular weight excluding hydrogens is 272 g/mol. The van der Waals surface area contributed by atoms with Gasteiger partial charge in [0, 0.05) is 4.70 Å². The Kier molecular flexibility index (Phi) is 3.86. The molecule has 0 radical (unpaired) electrons. The zero-order valence-corrected chi connectivity index (χ0v) is 12.1. The van der Waals surface area contributed by atoms with E-state index in [9.17, 15) is 0 Å². The molecule has 0 saturated heterocycles. The van der Waals surface area contributed by atoms with Gasteiger partial charge in [-0.25, -0.2) is 0 Å². The lowest BCUT2D eigenvalue weighted by molar-refractivity contribution is 0.798. The quantitative estimate of drug-likeness (QED) is 0.531. The van der Waals surface area contributed by atoms with Crippen LogP contribution >= 0.6 is 22.9 Å². The van der Waals surface area contributed by atoms with Crippen LogP contribution in [0.3, 0.4) is 0 Å². The molecule has 0 aliphatic rings. The number of thiophene rings is 1. The first-order valence-corrected chi connectivity index (χ1v) is 7.80. The fraction of sp³-hybridized carbons (Fsp3) is 0.176. The lowest BCUT2D eigenvalue weighted by Gasteiger charge is -2.10. The van der Waals surface area contributed by atoms with Crippen LogP contribution in [0.5, 0.6) is 0 Å². The fourth-order valence-electron chi connectivity index (χ4n) is 2.36. The number of alkyl halides is 1. The van der Waals surface area contributed by atoms with Crippen LogP contribution in [0.1, 0.15) is 22.9 Å². The average Bonchev–Trinajstić information content (AvgIpc) is 2.94. The molecule has 0 saturated carbocycles. The maximum absolute atomic E-state index is 6.48. The van der Waals surface area contributed by atoms with Gasteiger partial charge in [0.05, 0.1) is 5.38 Å². The molecule has 1 unspecified atom stereocenters. The second kappa shape index (κ2) is 5.77. The van der Waals surface area contributed by atoms with E-state index in [1.807, 2.05) is 29.5 Å². The second-order valence-corrected chi connectivity index (χ2v) is 6.12. The highest BCUT2D eigenvalue weighted by atomic mass is 35.5. The van der Waals surface area contributed by atoms with Gasteiger partial charge in [-0.15, -0.1) is 22.9 Å². The minimum absolute atomic E-state index is 0.0939. The molecule has 0 aliphatic carbocycles. The van der Waals surface area contributed by atoms with E-state index >= 15 is 0 Å². The van der Waals surface area contributed by atoms with Crippen molar-refractivity contribution in [2.24, 2.45) is 0 Å². The summed E-state index contributed by atoms with van der Waals surface area (Å²) in [6.45, 7) is 0. The number of hydrogen-bond acceptors (Lipinski definition) is 1. The van der Waals surface area contributed by atoms with Crippen LogP contribution in [0.15, 0.2) is 60.0 Å². The van der Waals surface area contributed by atoms with Crippen molar-refractivity contribution in [3.05, 3.63) is 71.1 Å². The molecule has 0 nitrogen and oxygen atoms in total. The molecule has 0 amide bonds. The van der Waals surface area contributed by atoms with Crippen LogP contribution in [-0.4, -0.2) is 0 Å². The van der Waals surface area contributed by atoms with E-state index in [-0.39, 0.29) is 5.38 Å². The van der Waals surface area contributed by atoms with Gasteiger partial charge in [0.25, 0.3) is 0 Å². The topological polar surface area (TPSA) is 0 Å². The van der Waals surface area contributed by atoms with E-state index in [1.54, 1.807) is 0 Å². The Labute approximate surface area is 122 Å². The van der Waals surface area contributed by atoms with Gasteiger partial charge in [0.1, 0.15) is 0 Å². The molecule has 3 rings (SSSR count). The maximum atomic E-state index is 6.48. The predicted octanol–water partition coefficient (Wildman–Crippen LogP) is 5.81. The number of halogens is 1. The van der Waals surface area contributed by atoms with Gasteiger partial charge in [0.2, 0.25) is 0 Å². The zero-order chi connectivity index (χ0) is 13.1. The van der Waals surface area contributed by atoms with Crippen LogP contribution in [-0.2, 0) is 6.42 Å². The fourth-order valence-corrected chi connectivity index (χ4v) is 3.56. The summed E-state index contributed by atoms with van der Waals surface area (Å²) in [5.41, 5.74) is 2.62. The van der Waals surface area contributed by atoms with Gasteiger partial charge in [-0.05, 0) is 40.8 Å². The Bertz CT molecular complexity index is 657. The predicted molar refractivity (Wildman–Crippen MR) is 85.2 cm³/mol. The Balaban J connectivity index is 1.74. The van der Waals surface area contributed by atoms with Crippen LogP contribution in [0, 0.1) is 0 Å². The van der Waals surface area contributed by atoms with Crippen molar-refractivity contribution in [2.45, 2.75) is 18.2 Å². The Morgan fingerprint density at radius 2 is 1.79 bits per heavy atom. The molecule has 1 atom stereocenters. The molecule has 1 aromatic heterocycles. The standard InChI is InChI=1S/C17H15ClS/c18-16(13-5-2-1-3-6-13)10-9-14-7-4-8-15-11-12-19-17(14)15/h1-8,11-12,16H,9-10H2. The maximum Gasteiger partial charge on any atom is 0.0588 e. The van der Waals surface area contributed by atoms with E-state index in [0.717, 1.165) is 12.8 Å². The molecule has 0 spiro atoms. The summed E-state index contributed by atoms with van der Waals surface area (Å²) in [5, 5.41) is 3.59. The molecule has 0 N–H and O–H groups in total. The molecule has 1 heterocycles. The Hall–Kier alpha value is -1.31. The number of benzene rings is 2. The lowest BCUT2D eigenvalue weighted by Crippen LogP contribution is -1.94. The number of hydrogen-bond donors (Lipinski definition) is 0. The van der Waals surface area contributed by atoms with Crippen molar-refractivity contribution in [1.82, 2.24) is 0 Å². The van der Waals surface area contributed by atoms with Gasteiger partial charge in [-0.1, -0.05) is 48.5 Å². The van der Waals surface area contributed by atoms with Gasteiger partial charge in [-0.2, -0.15) is 0 Å². The van der Waals surface area contributed by atoms with Crippen LogP contribution in [0.25, 0.3) is 10.1 Å². The third-order valence-corrected chi connectivity index (χ3v) is 4.86. The van der Waals surface area contributed by atoms with Crippen molar-refractivity contribution in [1.29, 1.82) is 0 Å². The first-order chi connectivity index (χ1) is 9.34. The summed E-state index contributed by atoms with van der Waals surface area (Å²) in [6, 6.07) is 19.0. The van der Waals surface area contributed by atoms with E-state index in [1.165, 1.54) is 21.2 Å². The summed E-state index contributed by atoms with van der Waals surface area (Å²) in [6.07, 6.45) is 2.00. The Morgan fingerprint density at radius 1 is 0.947 bits per heavy atom. The monoisotopic (exact) mass is 286 g/mol. The van der Waals surface area contributed by atoms with Crippen LogP contribution < -0.4 is 0 Å². The molecule has 19 heavy (non-hydrogen) atoms. The highest BCUT2D eigenvalue weighted by Gasteiger charge is 2.09. The summed E-state index contributed by atoms with van der Waals surface area (Å²) in [4.78, 5) is 0. The SMILES string of the molecule is ClC(CCc1cccc2ccsc12)c1ccccc1. The number of aryl methyl sites for hydroxylation is 1. The third kappa shape index (κ3) is 2.83. The van der Waals surface area contributed by atoms with E-state index in [4.69, 9.17) is 11.6 Å². The molecular formula is C17H15ClS. The van der Waals surface area contributed by atoms with Crippen LogP contribution in [0.2, 0.25) is 0 Å². The van der Waals surface area contributed by atoms with Crippen molar-refractivity contribution < 1.29 is 0 Å². The van der Waals surface area contributed by atoms with Crippen molar-refractivity contribution in [3.63, 3.8) is 0 Å². The largest absolute Gasteiger partial charge is 0.144 e. The highest BCUT2D eigenvalue weighted by molar-refractivity contribution is 7.17. The molecule has 0 bridgehead atoms. The average molecular weight is 287 g/mol. The van der Waals surface area contributed by atoms with Gasteiger partial charge < -0.3 is 0 Å². The van der Waals surface area contributed by atoms with Crippen molar-refractivity contribution in [2.75, 3.05) is 0 Å². The smallest absolute Gasteiger partial charge is 0.0588 e. The number of fused-ring (bicyclic) bond motifs is 1. The van der Waals surface area contributed by atoms with E-state index in [2.05, 4.69) is 41.8 Å². The highest BCUT2D eigenvalue weighted by Crippen LogP contribution is 2.30. The molecule has 0 aliphatic heterocycles. The lowest BCUT2D eigenvalue weighted by atomic mass is 10.0. The molecule has 2 heteroatoms. The van der Waals surface area contributed by atoms with Gasteiger partial charge in [-0.3, -0.25) is 0 Å². The number of rotatable bonds is 4. The van der Waals surface area contributed by atoms with Gasteiger partial charge in [0.15, 0.2) is 0 Å². The molecule has 2 aromatic carbocycles. The first-order valence-electron chi connectivity index (χ1n) is 6.49. The minimum atomic E-state index is 0.0939. The third-order valence-electron chi connectivity index (χ3n) is 3.39. The molecule has 0 fully saturated rings. The first kappa shape index (κ1) is 12.7. The van der Waals surface area contributed by atoms with Gasteiger partial charge >= 0.3 is 0 Å². The van der Waals surface area contributed by atoms with Crippen LogP contribution in [0.4, 0.5) is 0 Å².